The Morgan fingerprint density at radius 2 is 2.21 bits per heavy atom. The van der Waals surface area contributed by atoms with Crippen LogP contribution in [0.2, 0.25) is 0 Å². The van der Waals surface area contributed by atoms with E-state index in [2.05, 4.69) is 34.8 Å². The maximum Gasteiger partial charge on any atom is 0.337 e. The molecule has 0 saturated carbocycles. The number of aromatic nitrogens is 1. The number of aromatic carboxylic acids is 1. The third kappa shape index (κ3) is 2.54. The van der Waals surface area contributed by atoms with E-state index in [0.29, 0.717) is 5.92 Å². The van der Waals surface area contributed by atoms with Gasteiger partial charge in [-0.3, -0.25) is 4.98 Å². The van der Waals surface area contributed by atoms with E-state index in [1.165, 1.54) is 6.20 Å². The van der Waals surface area contributed by atoms with Crippen LogP contribution in [0.15, 0.2) is 16.9 Å². The molecule has 0 aliphatic heterocycles. The molecular weight excluding hydrogens is 246 g/mol. The number of carboxylic acids is 1. The van der Waals surface area contributed by atoms with Crippen molar-refractivity contribution in [3.63, 3.8) is 0 Å². The van der Waals surface area contributed by atoms with Gasteiger partial charge in [0, 0.05) is 16.9 Å². The molecule has 0 aliphatic rings. The van der Waals surface area contributed by atoms with Crippen molar-refractivity contribution in [3.05, 3.63) is 28.0 Å². The monoisotopic (exact) mass is 257 g/mol. The average molecular weight is 258 g/mol. The smallest absolute Gasteiger partial charge is 0.337 e. The van der Waals surface area contributed by atoms with E-state index < -0.39 is 5.97 Å². The summed E-state index contributed by atoms with van der Waals surface area (Å²) in [6.07, 6.45) is 3.76. The lowest BCUT2D eigenvalue weighted by atomic mass is 10.00. The Morgan fingerprint density at radius 1 is 1.57 bits per heavy atom. The van der Waals surface area contributed by atoms with E-state index in [4.69, 9.17) is 5.11 Å². The number of rotatable bonds is 3. The predicted molar refractivity (Wildman–Crippen MR) is 57.4 cm³/mol. The fraction of sp³-hybridized carbons (Fsp3) is 0.400. The van der Waals surface area contributed by atoms with Gasteiger partial charge < -0.3 is 5.11 Å². The lowest BCUT2D eigenvalue weighted by Gasteiger charge is -2.09. The molecule has 1 aromatic rings. The number of halogens is 1. The van der Waals surface area contributed by atoms with Gasteiger partial charge >= 0.3 is 5.97 Å². The molecule has 0 bridgehead atoms. The van der Waals surface area contributed by atoms with Crippen LogP contribution in [0, 0.1) is 5.92 Å². The Labute approximate surface area is 91.3 Å². The van der Waals surface area contributed by atoms with E-state index in [1.807, 2.05) is 0 Å². The Balaban J connectivity index is 3.15. The van der Waals surface area contributed by atoms with Crippen molar-refractivity contribution >= 4 is 21.9 Å². The summed E-state index contributed by atoms with van der Waals surface area (Å²) < 4.78 is 0.770. The van der Waals surface area contributed by atoms with Crippen molar-refractivity contribution < 1.29 is 9.90 Å². The zero-order valence-corrected chi connectivity index (χ0v) is 9.71. The Kier molecular flexibility index (Phi) is 3.63. The van der Waals surface area contributed by atoms with E-state index in [1.54, 1.807) is 6.20 Å². The highest BCUT2D eigenvalue weighted by atomic mass is 79.9. The maximum absolute atomic E-state index is 10.9. The van der Waals surface area contributed by atoms with Gasteiger partial charge in [0.25, 0.3) is 0 Å². The van der Waals surface area contributed by atoms with E-state index in [-0.39, 0.29) is 5.56 Å². The Bertz CT molecular complexity index is 350. The molecule has 0 aromatic carbocycles. The lowest BCUT2D eigenvalue weighted by molar-refractivity contribution is 0.0695. The highest BCUT2D eigenvalue weighted by Crippen LogP contribution is 2.22. The topological polar surface area (TPSA) is 50.2 Å². The maximum atomic E-state index is 10.9. The van der Waals surface area contributed by atoms with Gasteiger partial charge in [-0.1, -0.05) is 13.8 Å². The van der Waals surface area contributed by atoms with Gasteiger partial charge in [-0.15, -0.1) is 0 Å². The number of hydrogen-bond donors (Lipinski definition) is 1. The first-order chi connectivity index (χ1) is 6.52. The largest absolute Gasteiger partial charge is 0.478 e. The molecule has 0 aliphatic carbocycles. The molecule has 3 nitrogen and oxygen atoms in total. The third-order valence-corrected chi connectivity index (χ3v) is 2.53. The fourth-order valence-electron chi connectivity index (χ4n) is 1.26. The van der Waals surface area contributed by atoms with Gasteiger partial charge in [0.05, 0.1) is 5.56 Å². The third-order valence-electron chi connectivity index (χ3n) is 1.85. The molecule has 1 N–H and O–H groups in total. The number of pyridine rings is 1. The highest BCUT2D eigenvalue weighted by molar-refractivity contribution is 9.10. The molecule has 1 rings (SSSR count). The van der Waals surface area contributed by atoms with E-state index in [9.17, 15) is 4.79 Å². The molecule has 1 heterocycles. The van der Waals surface area contributed by atoms with Crippen molar-refractivity contribution in [2.75, 3.05) is 0 Å². The molecule has 0 unspecified atom stereocenters. The van der Waals surface area contributed by atoms with Crippen molar-refractivity contribution in [2.24, 2.45) is 5.92 Å². The molecule has 1 aromatic heterocycles. The second kappa shape index (κ2) is 4.55. The fourth-order valence-corrected chi connectivity index (χ4v) is 1.76. The van der Waals surface area contributed by atoms with Crippen LogP contribution in [0.1, 0.15) is 29.8 Å². The summed E-state index contributed by atoms with van der Waals surface area (Å²) in [4.78, 5) is 14.7. The zero-order chi connectivity index (χ0) is 10.7. The van der Waals surface area contributed by atoms with Crippen molar-refractivity contribution in [1.29, 1.82) is 0 Å². The Morgan fingerprint density at radius 3 is 2.71 bits per heavy atom. The van der Waals surface area contributed by atoms with E-state index >= 15 is 0 Å². The van der Waals surface area contributed by atoms with Gasteiger partial charge in [0.1, 0.15) is 0 Å². The number of nitrogens with zero attached hydrogens (tertiary/aromatic N) is 1. The average Bonchev–Trinajstić information content (AvgIpc) is 2.07. The van der Waals surface area contributed by atoms with Gasteiger partial charge in [-0.2, -0.15) is 0 Å². The zero-order valence-electron chi connectivity index (χ0n) is 8.12. The second-order valence-electron chi connectivity index (χ2n) is 3.55. The van der Waals surface area contributed by atoms with Crippen LogP contribution in [0.4, 0.5) is 0 Å². The van der Waals surface area contributed by atoms with Crippen LogP contribution in [0.25, 0.3) is 0 Å². The summed E-state index contributed by atoms with van der Waals surface area (Å²) in [7, 11) is 0. The second-order valence-corrected chi connectivity index (χ2v) is 4.40. The van der Waals surface area contributed by atoms with Crippen LogP contribution in [-0.2, 0) is 6.42 Å². The first-order valence-electron chi connectivity index (χ1n) is 4.38. The first-order valence-corrected chi connectivity index (χ1v) is 5.17. The summed E-state index contributed by atoms with van der Waals surface area (Å²) >= 11 is 3.32. The lowest BCUT2D eigenvalue weighted by Crippen LogP contribution is -2.06. The number of carboxylic acid groups (broad SMARTS) is 1. The number of hydrogen-bond acceptors (Lipinski definition) is 2. The SMILES string of the molecule is CC(C)Cc1c(Br)cncc1C(=O)O. The predicted octanol–water partition coefficient (Wildman–Crippen LogP) is 2.74. The van der Waals surface area contributed by atoms with Gasteiger partial charge in [-0.25, -0.2) is 4.79 Å². The van der Waals surface area contributed by atoms with Gasteiger partial charge in [-0.05, 0) is 33.8 Å². The highest BCUT2D eigenvalue weighted by Gasteiger charge is 2.14. The minimum atomic E-state index is -0.922. The summed E-state index contributed by atoms with van der Waals surface area (Å²) in [5, 5.41) is 8.94. The standard InChI is InChI=1S/C10H12BrNO2/c1-6(2)3-7-8(10(13)14)4-12-5-9(7)11/h4-6H,3H2,1-2H3,(H,13,14). The molecule has 14 heavy (non-hydrogen) atoms. The Hall–Kier alpha value is -0.900. The molecular formula is C10H12BrNO2. The van der Waals surface area contributed by atoms with Crippen molar-refractivity contribution in [1.82, 2.24) is 4.98 Å². The molecule has 0 fully saturated rings. The molecule has 0 atom stereocenters. The van der Waals surface area contributed by atoms with Crippen molar-refractivity contribution in [2.45, 2.75) is 20.3 Å². The minimum Gasteiger partial charge on any atom is -0.478 e. The van der Waals surface area contributed by atoms with Gasteiger partial charge in [0.15, 0.2) is 0 Å². The number of carbonyl (C=O) groups is 1. The normalized spacial score (nSPS) is 10.6. The summed E-state index contributed by atoms with van der Waals surface area (Å²) in [5.41, 5.74) is 1.11. The first kappa shape index (κ1) is 11.2. The molecule has 0 radical (unpaired) electrons. The summed E-state index contributed by atoms with van der Waals surface area (Å²) in [6.45, 7) is 4.11. The molecule has 4 heteroatoms. The van der Waals surface area contributed by atoms with Crippen LogP contribution in [0.5, 0.6) is 0 Å². The molecule has 0 spiro atoms. The summed E-state index contributed by atoms with van der Waals surface area (Å²) in [6, 6.07) is 0. The van der Waals surface area contributed by atoms with Crippen LogP contribution >= 0.6 is 15.9 Å². The quantitative estimate of drug-likeness (QED) is 0.906. The van der Waals surface area contributed by atoms with Crippen LogP contribution in [0.3, 0.4) is 0 Å². The van der Waals surface area contributed by atoms with Crippen LogP contribution < -0.4 is 0 Å². The van der Waals surface area contributed by atoms with E-state index in [0.717, 1.165) is 16.5 Å². The van der Waals surface area contributed by atoms with Crippen LogP contribution in [-0.4, -0.2) is 16.1 Å². The molecule has 76 valence electrons. The molecule has 0 amide bonds. The van der Waals surface area contributed by atoms with Gasteiger partial charge in [0.2, 0.25) is 0 Å². The minimum absolute atomic E-state index is 0.285. The summed E-state index contributed by atoms with van der Waals surface area (Å²) in [5.74, 6) is -0.499. The van der Waals surface area contributed by atoms with Crippen molar-refractivity contribution in [3.8, 4) is 0 Å². The molecule has 0 saturated heterocycles.